The van der Waals surface area contributed by atoms with Gasteiger partial charge in [0.15, 0.2) is 0 Å². The van der Waals surface area contributed by atoms with Crippen LogP contribution in [0.25, 0.3) is 0 Å². The standard InChI is InChI=1S/C13H26N2/c1-13(6-2-3-7-13)12-14-8-11-15-9-4-5-10-15/h14H,2-12H2,1H3. The van der Waals surface area contributed by atoms with Gasteiger partial charge in [0.05, 0.1) is 0 Å². The van der Waals surface area contributed by atoms with E-state index in [0.717, 1.165) is 0 Å². The van der Waals surface area contributed by atoms with Crippen molar-refractivity contribution in [3.05, 3.63) is 0 Å². The van der Waals surface area contributed by atoms with E-state index in [4.69, 9.17) is 0 Å². The second kappa shape index (κ2) is 5.31. The Labute approximate surface area is 94.4 Å². The third-order valence-electron chi connectivity index (χ3n) is 4.17. The first-order chi connectivity index (χ1) is 7.29. The predicted octanol–water partition coefficient (Wildman–Crippen LogP) is 2.25. The average Bonchev–Trinajstić information content (AvgIpc) is 2.84. The molecule has 2 rings (SSSR count). The zero-order chi connectivity index (χ0) is 10.6. The second-order valence-corrected chi connectivity index (χ2v) is 5.74. The number of hydrogen-bond donors (Lipinski definition) is 1. The molecule has 1 N–H and O–H groups in total. The van der Waals surface area contributed by atoms with Crippen LogP contribution in [-0.4, -0.2) is 37.6 Å². The number of rotatable bonds is 5. The molecule has 1 heterocycles. The molecule has 1 aliphatic heterocycles. The van der Waals surface area contributed by atoms with Crippen LogP contribution in [0.1, 0.15) is 45.4 Å². The van der Waals surface area contributed by atoms with Crippen molar-refractivity contribution in [2.75, 3.05) is 32.7 Å². The van der Waals surface area contributed by atoms with Crippen molar-refractivity contribution < 1.29 is 0 Å². The quantitative estimate of drug-likeness (QED) is 0.700. The van der Waals surface area contributed by atoms with Crippen LogP contribution in [0.2, 0.25) is 0 Å². The van der Waals surface area contributed by atoms with E-state index in [9.17, 15) is 0 Å². The largest absolute Gasteiger partial charge is 0.315 e. The summed E-state index contributed by atoms with van der Waals surface area (Å²) in [5.74, 6) is 0. The number of nitrogens with one attached hydrogen (secondary N) is 1. The molecule has 0 aromatic carbocycles. The lowest BCUT2D eigenvalue weighted by atomic mass is 9.89. The van der Waals surface area contributed by atoms with Crippen molar-refractivity contribution in [2.45, 2.75) is 45.4 Å². The van der Waals surface area contributed by atoms with E-state index in [0.29, 0.717) is 5.41 Å². The maximum Gasteiger partial charge on any atom is 0.0107 e. The highest BCUT2D eigenvalue weighted by atomic mass is 15.1. The highest BCUT2D eigenvalue weighted by Gasteiger charge is 2.27. The molecule has 2 fully saturated rings. The Kier molecular flexibility index (Phi) is 4.04. The Balaban J connectivity index is 1.54. The van der Waals surface area contributed by atoms with E-state index in [1.165, 1.54) is 71.2 Å². The van der Waals surface area contributed by atoms with Gasteiger partial charge in [0, 0.05) is 19.6 Å². The molecular formula is C13H26N2. The maximum absolute atomic E-state index is 3.65. The van der Waals surface area contributed by atoms with Crippen LogP contribution in [0.4, 0.5) is 0 Å². The molecule has 0 aromatic rings. The molecule has 0 bridgehead atoms. The van der Waals surface area contributed by atoms with Gasteiger partial charge in [-0.2, -0.15) is 0 Å². The molecule has 2 heteroatoms. The Bertz CT molecular complexity index is 179. The molecule has 2 nitrogen and oxygen atoms in total. The zero-order valence-corrected chi connectivity index (χ0v) is 10.2. The summed E-state index contributed by atoms with van der Waals surface area (Å²) in [6.07, 6.45) is 8.59. The molecule has 0 aromatic heterocycles. The minimum Gasteiger partial charge on any atom is -0.315 e. The molecule has 0 spiro atoms. The van der Waals surface area contributed by atoms with E-state index in [2.05, 4.69) is 17.1 Å². The molecule has 1 aliphatic carbocycles. The van der Waals surface area contributed by atoms with Crippen LogP contribution in [0.15, 0.2) is 0 Å². The summed E-state index contributed by atoms with van der Waals surface area (Å²) in [6, 6.07) is 0. The van der Waals surface area contributed by atoms with Crippen molar-refractivity contribution in [1.29, 1.82) is 0 Å². The first kappa shape index (κ1) is 11.4. The summed E-state index contributed by atoms with van der Waals surface area (Å²) in [6.45, 7) is 8.80. The summed E-state index contributed by atoms with van der Waals surface area (Å²) in [4.78, 5) is 2.59. The second-order valence-electron chi connectivity index (χ2n) is 5.74. The van der Waals surface area contributed by atoms with Gasteiger partial charge >= 0.3 is 0 Å². The van der Waals surface area contributed by atoms with E-state index in [-0.39, 0.29) is 0 Å². The lowest BCUT2D eigenvalue weighted by molar-refractivity contribution is 0.291. The SMILES string of the molecule is CC1(CNCCN2CCCC2)CCCC1. The molecule has 1 saturated carbocycles. The number of nitrogens with zero attached hydrogens (tertiary/aromatic N) is 1. The Hall–Kier alpha value is -0.0800. The number of likely N-dealkylation sites (tertiary alicyclic amines) is 1. The third-order valence-corrected chi connectivity index (χ3v) is 4.17. The van der Waals surface area contributed by atoms with E-state index >= 15 is 0 Å². The van der Waals surface area contributed by atoms with Gasteiger partial charge in [0.25, 0.3) is 0 Å². The lowest BCUT2D eigenvalue weighted by Gasteiger charge is -2.24. The van der Waals surface area contributed by atoms with Gasteiger partial charge in [-0.3, -0.25) is 0 Å². The van der Waals surface area contributed by atoms with Gasteiger partial charge in [-0.05, 0) is 44.2 Å². The van der Waals surface area contributed by atoms with Crippen LogP contribution < -0.4 is 5.32 Å². The van der Waals surface area contributed by atoms with Crippen LogP contribution in [0, 0.1) is 5.41 Å². The summed E-state index contributed by atoms with van der Waals surface area (Å²) < 4.78 is 0. The predicted molar refractivity (Wildman–Crippen MR) is 65.1 cm³/mol. The number of hydrogen-bond acceptors (Lipinski definition) is 2. The molecule has 0 radical (unpaired) electrons. The molecule has 0 unspecified atom stereocenters. The molecule has 88 valence electrons. The fraction of sp³-hybridized carbons (Fsp3) is 1.00. The lowest BCUT2D eigenvalue weighted by Crippen LogP contribution is -2.35. The molecule has 0 atom stereocenters. The van der Waals surface area contributed by atoms with E-state index in [1.54, 1.807) is 0 Å². The van der Waals surface area contributed by atoms with Crippen LogP contribution in [0.5, 0.6) is 0 Å². The van der Waals surface area contributed by atoms with Crippen molar-refractivity contribution in [2.24, 2.45) is 5.41 Å². The smallest absolute Gasteiger partial charge is 0.0107 e. The molecule has 1 saturated heterocycles. The summed E-state index contributed by atoms with van der Waals surface area (Å²) in [5, 5.41) is 3.65. The minimum atomic E-state index is 0.616. The summed E-state index contributed by atoms with van der Waals surface area (Å²) in [7, 11) is 0. The summed E-state index contributed by atoms with van der Waals surface area (Å²) in [5.41, 5.74) is 0.616. The van der Waals surface area contributed by atoms with Crippen LogP contribution in [0.3, 0.4) is 0 Å². The van der Waals surface area contributed by atoms with Gasteiger partial charge in [-0.15, -0.1) is 0 Å². The monoisotopic (exact) mass is 210 g/mol. The summed E-state index contributed by atoms with van der Waals surface area (Å²) >= 11 is 0. The highest BCUT2D eigenvalue weighted by Crippen LogP contribution is 2.36. The molecular weight excluding hydrogens is 184 g/mol. The topological polar surface area (TPSA) is 15.3 Å². The van der Waals surface area contributed by atoms with Crippen molar-refractivity contribution in [3.8, 4) is 0 Å². The van der Waals surface area contributed by atoms with Crippen LogP contribution >= 0.6 is 0 Å². The van der Waals surface area contributed by atoms with E-state index < -0.39 is 0 Å². The van der Waals surface area contributed by atoms with Gasteiger partial charge < -0.3 is 10.2 Å². The maximum atomic E-state index is 3.65. The molecule has 0 amide bonds. The first-order valence-corrected chi connectivity index (χ1v) is 6.72. The van der Waals surface area contributed by atoms with Crippen LogP contribution in [-0.2, 0) is 0 Å². The Morgan fingerprint density at radius 1 is 1.07 bits per heavy atom. The Morgan fingerprint density at radius 3 is 2.40 bits per heavy atom. The Morgan fingerprint density at radius 2 is 1.73 bits per heavy atom. The molecule has 15 heavy (non-hydrogen) atoms. The van der Waals surface area contributed by atoms with E-state index in [1.807, 2.05) is 0 Å². The fourth-order valence-electron chi connectivity index (χ4n) is 3.04. The van der Waals surface area contributed by atoms with Crippen molar-refractivity contribution >= 4 is 0 Å². The average molecular weight is 210 g/mol. The highest BCUT2D eigenvalue weighted by molar-refractivity contribution is 4.82. The van der Waals surface area contributed by atoms with Crippen molar-refractivity contribution in [1.82, 2.24) is 10.2 Å². The minimum absolute atomic E-state index is 0.616. The molecule has 2 aliphatic rings. The normalized spacial score (nSPS) is 26.2. The first-order valence-electron chi connectivity index (χ1n) is 6.72. The van der Waals surface area contributed by atoms with Gasteiger partial charge in [0.1, 0.15) is 0 Å². The fourth-order valence-corrected chi connectivity index (χ4v) is 3.04. The van der Waals surface area contributed by atoms with Gasteiger partial charge in [-0.25, -0.2) is 0 Å². The van der Waals surface area contributed by atoms with Crippen molar-refractivity contribution in [3.63, 3.8) is 0 Å². The van der Waals surface area contributed by atoms with Gasteiger partial charge in [0.2, 0.25) is 0 Å². The third kappa shape index (κ3) is 3.46. The zero-order valence-electron chi connectivity index (χ0n) is 10.2. The van der Waals surface area contributed by atoms with Gasteiger partial charge in [-0.1, -0.05) is 19.8 Å².